The minimum absolute atomic E-state index is 0.139. The SMILES string of the molecule is COC(=O)[C@H](Cc1cc(Cl)ccc1Br)NC(=O)[C@H](NC(C)=O)C(C)C. The maximum absolute atomic E-state index is 12.5. The number of hydrogen-bond donors (Lipinski definition) is 2. The number of nitrogens with one attached hydrogen (secondary N) is 2. The molecule has 2 amide bonds. The highest BCUT2D eigenvalue weighted by atomic mass is 79.9. The molecule has 1 aromatic carbocycles. The Morgan fingerprint density at radius 3 is 2.40 bits per heavy atom. The highest BCUT2D eigenvalue weighted by Gasteiger charge is 2.29. The molecule has 138 valence electrons. The molecular formula is C17H22BrClN2O4. The van der Waals surface area contributed by atoms with Gasteiger partial charge < -0.3 is 15.4 Å². The van der Waals surface area contributed by atoms with Gasteiger partial charge in [0.1, 0.15) is 12.1 Å². The molecular weight excluding hydrogens is 412 g/mol. The summed E-state index contributed by atoms with van der Waals surface area (Å²) >= 11 is 9.40. The van der Waals surface area contributed by atoms with Crippen molar-refractivity contribution in [3.8, 4) is 0 Å². The summed E-state index contributed by atoms with van der Waals surface area (Å²) in [6.45, 7) is 4.95. The molecule has 1 rings (SSSR count). The van der Waals surface area contributed by atoms with Crippen LogP contribution < -0.4 is 10.6 Å². The first-order valence-corrected chi connectivity index (χ1v) is 8.92. The molecule has 8 heteroatoms. The van der Waals surface area contributed by atoms with Crippen molar-refractivity contribution < 1.29 is 19.1 Å². The molecule has 1 aromatic rings. The normalized spacial score (nSPS) is 13.1. The Morgan fingerprint density at radius 2 is 1.88 bits per heavy atom. The van der Waals surface area contributed by atoms with Crippen LogP contribution in [-0.2, 0) is 25.5 Å². The lowest BCUT2D eigenvalue weighted by molar-refractivity contribution is -0.145. The zero-order chi connectivity index (χ0) is 19.1. The highest BCUT2D eigenvalue weighted by molar-refractivity contribution is 9.10. The van der Waals surface area contributed by atoms with Gasteiger partial charge in [0, 0.05) is 22.8 Å². The van der Waals surface area contributed by atoms with Crippen molar-refractivity contribution in [1.29, 1.82) is 0 Å². The van der Waals surface area contributed by atoms with E-state index < -0.39 is 24.0 Å². The molecule has 0 aliphatic carbocycles. The van der Waals surface area contributed by atoms with E-state index in [-0.39, 0.29) is 18.2 Å². The molecule has 0 saturated carbocycles. The predicted octanol–water partition coefficient (Wildman–Crippen LogP) is 2.46. The fourth-order valence-corrected chi connectivity index (χ4v) is 2.87. The van der Waals surface area contributed by atoms with Gasteiger partial charge in [0.15, 0.2) is 0 Å². The number of ether oxygens (including phenoxy) is 1. The largest absolute Gasteiger partial charge is 0.467 e. The molecule has 2 atom stereocenters. The number of benzene rings is 1. The summed E-state index contributed by atoms with van der Waals surface area (Å²) in [4.78, 5) is 35.9. The predicted molar refractivity (Wildman–Crippen MR) is 99.2 cm³/mol. The van der Waals surface area contributed by atoms with Crippen molar-refractivity contribution >= 4 is 45.3 Å². The number of halogens is 2. The second-order valence-electron chi connectivity index (χ2n) is 5.95. The van der Waals surface area contributed by atoms with Crippen LogP contribution in [0.3, 0.4) is 0 Å². The lowest BCUT2D eigenvalue weighted by atomic mass is 10.0. The standard InChI is InChI=1S/C17H22BrClN2O4/c1-9(2)15(20-10(3)22)16(23)21-14(17(24)25-4)8-11-7-12(19)5-6-13(11)18/h5-7,9,14-15H,8H2,1-4H3,(H,20,22)(H,21,23)/t14-,15+/m0/s1. The van der Waals surface area contributed by atoms with Gasteiger partial charge in [-0.2, -0.15) is 0 Å². The Kier molecular flexibility index (Phi) is 8.38. The van der Waals surface area contributed by atoms with Crippen LogP contribution in [0.15, 0.2) is 22.7 Å². The molecule has 0 aliphatic heterocycles. The van der Waals surface area contributed by atoms with E-state index >= 15 is 0 Å². The molecule has 0 aliphatic rings. The van der Waals surface area contributed by atoms with E-state index in [1.165, 1.54) is 14.0 Å². The topological polar surface area (TPSA) is 84.5 Å². The van der Waals surface area contributed by atoms with Gasteiger partial charge >= 0.3 is 5.97 Å². The minimum Gasteiger partial charge on any atom is -0.467 e. The number of rotatable bonds is 7. The molecule has 0 spiro atoms. The van der Waals surface area contributed by atoms with Gasteiger partial charge in [0.2, 0.25) is 11.8 Å². The lowest BCUT2D eigenvalue weighted by Gasteiger charge is -2.24. The summed E-state index contributed by atoms with van der Waals surface area (Å²) in [6, 6.07) is 3.55. The van der Waals surface area contributed by atoms with Crippen LogP contribution in [0.25, 0.3) is 0 Å². The first-order valence-electron chi connectivity index (χ1n) is 7.75. The quantitative estimate of drug-likeness (QED) is 0.647. The zero-order valence-electron chi connectivity index (χ0n) is 14.6. The highest BCUT2D eigenvalue weighted by Crippen LogP contribution is 2.22. The van der Waals surface area contributed by atoms with Gasteiger partial charge in [-0.25, -0.2) is 4.79 Å². The number of carbonyl (C=O) groups is 3. The van der Waals surface area contributed by atoms with Crippen molar-refractivity contribution in [3.05, 3.63) is 33.3 Å². The molecule has 0 bridgehead atoms. The summed E-state index contributed by atoms with van der Waals surface area (Å²) in [5.74, 6) is -1.48. The van der Waals surface area contributed by atoms with E-state index in [1.807, 2.05) is 0 Å². The summed E-state index contributed by atoms with van der Waals surface area (Å²) in [7, 11) is 1.25. The average Bonchev–Trinajstić information content (AvgIpc) is 2.53. The van der Waals surface area contributed by atoms with Crippen molar-refractivity contribution in [2.75, 3.05) is 7.11 Å². The second-order valence-corrected chi connectivity index (χ2v) is 7.24. The van der Waals surface area contributed by atoms with Crippen molar-refractivity contribution in [2.24, 2.45) is 5.92 Å². The number of carbonyl (C=O) groups excluding carboxylic acids is 3. The first-order chi connectivity index (χ1) is 11.6. The van der Waals surface area contributed by atoms with Gasteiger partial charge in [0.05, 0.1) is 7.11 Å². The van der Waals surface area contributed by atoms with Crippen molar-refractivity contribution in [1.82, 2.24) is 10.6 Å². The number of hydrogen-bond acceptors (Lipinski definition) is 4. The van der Waals surface area contributed by atoms with E-state index in [9.17, 15) is 14.4 Å². The van der Waals surface area contributed by atoms with Gasteiger partial charge in [-0.15, -0.1) is 0 Å². The summed E-state index contributed by atoms with van der Waals surface area (Å²) < 4.78 is 5.55. The molecule has 0 radical (unpaired) electrons. The van der Waals surface area contributed by atoms with Crippen LogP contribution in [0.2, 0.25) is 5.02 Å². The Balaban J connectivity index is 2.99. The third-order valence-electron chi connectivity index (χ3n) is 3.54. The minimum atomic E-state index is -0.901. The van der Waals surface area contributed by atoms with E-state index in [0.717, 1.165) is 10.0 Å². The monoisotopic (exact) mass is 432 g/mol. The molecule has 0 saturated heterocycles. The van der Waals surface area contributed by atoms with Crippen LogP contribution in [0.1, 0.15) is 26.3 Å². The maximum Gasteiger partial charge on any atom is 0.328 e. The van der Waals surface area contributed by atoms with Crippen LogP contribution in [-0.4, -0.2) is 37.0 Å². The number of amides is 2. The van der Waals surface area contributed by atoms with Crippen LogP contribution >= 0.6 is 27.5 Å². The Bertz CT molecular complexity index is 652. The summed E-state index contributed by atoms with van der Waals surface area (Å²) in [5.41, 5.74) is 0.754. The smallest absolute Gasteiger partial charge is 0.328 e. The van der Waals surface area contributed by atoms with Gasteiger partial charge in [-0.1, -0.05) is 41.4 Å². The molecule has 0 aromatic heterocycles. The van der Waals surface area contributed by atoms with Crippen LogP contribution in [0.5, 0.6) is 0 Å². The van der Waals surface area contributed by atoms with Gasteiger partial charge in [0.25, 0.3) is 0 Å². The molecule has 2 N–H and O–H groups in total. The van der Waals surface area contributed by atoms with E-state index in [4.69, 9.17) is 16.3 Å². The summed E-state index contributed by atoms with van der Waals surface area (Å²) in [5, 5.41) is 5.77. The third kappa shape index (κ3) is 6.66. The second kappa shape index (κ2) is 9.77. The van der Waals surface area contributed by atoms with Gasteiger partial charge in [-0.3, -0.25) is 9.59 Å². The average molecular weight is 434 g/mol. The van der Waals surface area contributed by atoms with E-state index in [0.29, 0.717) is 5.02 Å². The van der Waals surface area contributed by atoms with Crippen LogP contribution in [0, 0.1) is 5.92 Å². The third-order valence-corrected chi connectivity index (χ3v) is 4.55. The Labute approximate surface area is 160 Å². The number of esters is 1. The van der Waals surface area contributed by atoms with Crippen molar-refractivity contribution in [2.45, 2.75) is 39.3 Å². The fourth-order valence-electron chi connectivity index (χ4n) is 2.27. The molecule has 0 unspecified atom stereocenters. The Hall–Kier alpha value is -1.60. The van der Waals surface area contributed by atoms with Crippen LogP contribution in [0.4, 0.5) is 0 Å². The molecule has 6 nitrogen and oxygen atoms in total. The Morgan fingerprint density at radius 1 is 1.24 bits per heavy atom. The first kappa shape index (κ1) is 21.4. The molecule has 0 heterocycles. The number of methoxy groups -OCH3 is 1. The summed E-state index contributed by atoms with van der Waals surface area (Å²) in [6.07, 6.45) is 0.199. The maximum atomic E-state index is 12.5. The fraction of sp³-hybridized carbons (Fsp3) is 0.471. The molecule has 0 fully saturated rings. The van der Waals surface area contributed by atoms with Crippen molar-refractivity contribution in [3.63, 3.8) is 0 Å². The van der Waals surface area contributed by atoms with Gasteiger partial charge in [-0.05, 0) is 29.7 Å². The van der Waals surface area contributed by atoms with E-state index in [1.54, 1.807) is 32.0 Å². The van der Waals surface area contributed by atoms with E-state index in [2.05, 4.69) is 26.6 Å². The zero-order valence-corrected chi connectivity index (χ0v) is 16.9. The lowest BCUT2D eigenvalue weighted by Crippen LogP contribution is -2.54. The molecule has 25 heavy (non-hydrogen) atoms.